The number of nitrogens with zero attached hydrogens (tertiary/aromatic N) is 4. The van der Waals surface area contributed by atoms with Crippen molar-refractivity contribution in [1.29, 1.82) is 0 Å². The summed E-state index contributed by atoms with van der Waals surface area (Å²) >= 11 is 0. The first-order chi connectivity index (χ1) is 14.0. The van der Waals surface area contributed by atoms with E-state index >= 15 is 0 Å². The van der Waals surface area contributed by atoms with Crippen LogP contribution in [0.25, 0.3) is 0 Å². The van der Waals surface area contributed by atoms with Crippen molar-refractivity contribution in [3.8, 4) is 5.75 Å². The molecule has 3 heterocycles. The monoisotopic (exact) mass is 417 g/mol. The van der Waals surface area contributed by atoms with Crippen molar-refractivity contribution in [3.05, 3.63) is 41.1 Å². The molecular formula is C19H23N5O4S. The highest BCUT2D eigenvalue weighted by Gasteiger charge is 2.29. The maximum Gasteiger partial charge on any atom is 0.245 e. The van der Waals surface area contributed by atoms with Gasteiger partial charge in [0.2, 0.25) is 5.95 Å². The second-order valence-corrected chi connectivity index (χ2v) is 9.06. The Bertz CT molecular complexity index is 1000. The molecule has 1 aromatic heterocycles. The minimum absolute atomic E-state index is 0.0234. The lowest BCUT2D eigenvalue weighted by molar-refractivity contribution is 0.122. The number of rotatable bonds is 5. The Labute approximate surface area is 169 Å². The Balaban J connectivity index is 1.59. The summed E-state index contributed by atoms with van der Waals surface area (Å²) in [4.78, 5) is 11.2. The molecule has 1 aromatic carbocycles. The molecule has 0 unspecified atom stereocenters. The molecule has 0 radical (unpaired) electrons. The number of ether oxygens (including phenoxy) is 2. The van der Waals surface area contributed by atoms with Crippen LogP contribution in [0, 0.1) is 0 Å². The molecular weight excluding hydrogens is 394 g/mol. The van der Waals surface area contributed by atoms with Gasteiger partial charge in [-0.2, -0.15) is 10.1 Å². The van der Waals surface area contributed by atoms with Gasteiger partial charge in [-0.1, -0.05) is 0 Å². The zero-order valence-electron chi connectivity index (χ0n) is 16.2. The van der Waals surface area contributed by atoms with Gasteiger partial charge in [-0.15, -0.1) is 0 Å². The summed E-state index contributed by atoms with van der Waals surface area (Å²) in [6.45, 7) is 2.50. The van der Waals surface area contributed by atoms with Gasteiger partial charge in [-0.25, -0.2) is 18.8 Å². The zero-order valence-corrected chi connectivity index (χ0v) is 17.0. The van der Waals surface area contributed by atoms with E-state index in [4.69, 9.17) is 9.47 Å². The second kappa shape index (κ2) is 8.34. The molecule has 0 amide bonds. The summed E-state index contributed by atoms with van der Waals surface area (Å²) in [5.74, 6) is 1.87. The fourth-order valence-corrected chi connectivity index (χ4v) is 4.74. The zero-order chi connectivity index (χ0) is 20.3. The molecule has 9 nitrogen and oxygen atoms in total. The molecule has 154 valence electrons. The first-order valence-corrected chi connectivity index (χ1v) is 11.2. The average Bonchev–Trinajstić information content (AvgIpc) is 2.74. The fourth-order valence-electron chi connectivity index (χ4n) is 3.36. The van der Waals surface area contributed by atoms with Crippen LogP contribution in [-0.2, 0) is 26.7 Å². The van der Waals surface area contributed by atoms with E-state index in [-0.39, 0.29) is 11.5 Å². The van der Waals surface area contributed by atoms with Gasteiger partial charge in [0.05, 0.1) is 43.7 Å². The molecule has 10 heteroatoms. The highest BCUT2D eigenvalue weighted by atomic mass is 32.2. The van der Waals surface area contributed by atoms with Gasteiger partial charge >= 0.3 is 0 Å². The predicted molar refractivity (Wildman–Crippen MR) is 110 cm³/mol. The smallest absolute Gasteiger partial charge is 0.245 e. The first-order valence-electron chi connectivity index (χ1n) is 9.40. The number of nitrogens with one attached hydrogen (secondary N) is 1. The summed E-state index contributed by atoms with van der Waals surface area (Å²) in [7, 11) is -1.51. The molecule has 1 fully saturated rings. The predicted octanol–water partition coefficient (Wildman–Crippen LogP) is 1.24. The van der Waals surface area contributed by atoms with Gasteiger partial charge in [0.25, 0.3) is 0 Å². The van der Waals surface area contributed by atoms with Crippen LogP contribution in [0.15, 0.2) is 29.4 Å². The lowest BCUT2D eigenvalue weighted by Crippen LogP contribution is -2.38. The summed E-state index contributed by atoms with van der Waals surface area (Å²) in [5, 5.41) is 4.23. The summed E-state index contributed by atoms with van der Waals surface area (Å²) in [6.07, 6.45) is 2.05. The summed E-state index contributed by atoms with van der Waals surface area (Å²) in [6, 6.07) is 7.49. The number of benzene rings is 1. The lowest BCUT2D eigenvalue weighted by Gasteiger charge is -2.31. The third kappa shape index (κ3) is 4.65. The SMILES string of the molecule is COc1ccc(/C=N/Nc2nc3c(c(N4CCOCC4)n2)CS(=O)(=O)CC3)cc1. The Morgan fingerprint density at radius 2 is 1.97 bits per heavy atom. The Morgan fingerprint density at radius 1 is 1.21 bits per heavy atom. The van der Waals surface area contributed by atoms with Crippen molar-refractivity contribution in [2.45, 2.75) is 12.2 Å². The maximum atomic E-state index is 12.2. The molecule has 2 aromatic rings. The molecule has 2 aliphatic heterocycles. The minimum Gasteiger partial charge on any atom is -0.497 e. The highest BCUT2D eigenvalue weighted by Crippen LogP contribution is 2.29. The average molecular weight is 417 g/mol. The number of sulfone groups is 1. The molecule has 0 spiro atoms. The third-order valence-corrected chi connectivity index (χ3v) is 6.44. The van der Waals surface area contributed by atoms with E-state index in [1.165, 1.54) is 0 Å². The Kier molecular flexibility index (Phi) is 5.63. The van der Waals surface area contributed by atoms with Gasteiger partial charge in [0, 0.05) is 25.1 Å². The van der Waals surface area contributed by atoms with Gasteiger partial charge < -0.3 is 14.4 Å². The topological polar surface area (TPSA) is 106 Å². The number of hydrogen-bond acceptors (Lipinski definition) is 9. The fraction of sp³-hybridized carbons (Fsp3) is 0.421. The lowest BCUT2D eigenvalue weighted by atomic mass is 10.1. The van der Waals surface area contributed by atoms with Crippen LogP contribution in [-0.4, -0.2) is 63.8 Å². The number of fused-ring (bicyclic) bond motifs is 1. The van der Waals surface area contributed by atoms with Crippen molar-refractivity contribution in [3.63, 3.8) is 0 Å². The van der Waals surface area contributed by atoms with E-state index in [1.807, 2.05) is 24.3 Å². The van der Waals surface area contributed by atoms with Gasteiger partial charge in [0.1, 0.15) is 11.6 Å². The van der Waals surface area contributed by atoms with Crippen LogP contribution in [0.3, 0.4) is 0 Å². The van der Waals surface area contributed by atoms with Gasteiger partial charge in [-0.3, -0.25) is 0 Å². The van der Waals surface area contributed by atoms with E-state index in [0.717, 1.165) is 17.0 Å². The van der Waals surface area contributed by atoms with E-state index in [1.54, 1.807) is 13.3 Å². The van der Waals surface area contributed by atoms with E-state index in [2.05, 4.69) is 25.4 Å². The van der Waals surface area contributed by atoms with E-state index in [9.17, 15) is 8.42 Å². The van der Waals surface area contributed by atoms with Crippen LogP contribution in [0.2, 0.25) is 0 Å². The Hall–Kier alpha value is -2.72. The van der Waals surface area contributed by atoms with Crippen molar-refractivity contribution in [1.82, 2.24) is 9.97 Å². The minimum atomic E-state index is -3.13. The third-order valence-electron chi connectivity index (χ3n) is 4.89. The standard InChI is InChI=1S/C19H23N5O4S/c1-27-15-4-2-14(3-5-15)12-20-23-19-21-17-6-11-29(25,26)13-16(17)18(22-19)24-7-9-28-10-8-24/h2-5,12H,6-11,13H2,1H3,(H,21,22,23)/b20-12+. The van der Waals surface area contributed by atoms with Gasteiger partial charge in [0.15, 0.2) is 9.84 Å². The number of hydrazone groups is 1. The Morgan fingerprint density at radius 3 is 2.69 bits per heavy atom. The number of aromatic nitrogens is 2. The molecule has 2 aliphatic rings. The van der Waals surface area contributed by atoms with Crippen LogP contribution >= 0.6 is 0 Å². The normalized spacial score (nSPS) is 18.4. The molecule has 4 rings (SSSR count). The molecule has 0 saturated carbocycles. The highest BCUT2D eigenvalue weighted by molar-refractivity contribution is 7.90. The summed E-state index contributed by atoms with van der Waals surface area (Å²) in [5.41, 5.74) is 5.24. The van der Waals surface area contributed by atoms with Crippen LogP contribution in [0.5, 0.6) is 5.75 Å². The van der Waals surface area contributed by atoms with E-state index < -0.39 is 9.84 Å². The van der Waals surface area contributed by atoms with Crippen LogP contribution in [0.1, 0.15) is 16.8 Å². The van der Waals surface area contributed by atoms with Crippen molar-refractivity contribution in [2.24, 2.45) is 5.10 Å². The van der Waals surface area contributed by atoms with E-state index in [0.29, 0.717) is 50.1 Å². The van der Waals surface area contributed by atoms with Crippen molar-refractivity contribution in [2.75, 3.05) is 49.5 Å². The molecule has 0 aliphatic carbocycles. The van der Waals surface area contributed by atoms with Crippen molar-refractivity contribution < 1.29 is 17.9 Å². The number of methoxy groups -OCH3 is 1. The van der Waals surface area contributed by atoms with Crippen LogP contribution in [0.4, 0.5) is 11.8 Å². The number of morpholine rings is 1. The summed E-state index contributed by atoms with van der Waals surface area (Å²) < 4.78 is 34.9. The molecule has 1 N–H and O–H groups in total. The first kappa shape index (κ1) is 19.6. The second-order valence-electron chi connectivity index (χ2n) is 6.88. The number of anilines is 2. The van der Waals surface area contributed by atoms with Crippen LogP contribution < -0.4 is 15.1 Å². The maximum absolute atomic E-state index is 12.2. The molecule has 0 atom stereocenters. The number of hydrogen-bond donors (Lipinski definition) is 1. The number of aryl methyl sites for hydroxylation is 1. The largest absolute Gasteiger partial charge is 0.497 e. The molecule has 1 saturated heterocycles. The van der Waals surface area contributed by atoms with Crippen molar-refractivity contribution >= 4 is 27.8 Å². The van der Waals surface area contributed by atoms with Gasteiger partial charge in [-0.05, 0) is 29.8 Å². The molecule has 0 bridgehead atoms. The molecule has 29 heavy (non-hydrogen) atoms. The quantitative estimate of drug-likeness (QED) is 0.572.